The van der Waals surface area contributed by atoms with E-state index in [4.69, 9.17) is 14.2 Å². The van der Waals surface area contributed by atoms with Gasteiger partial charge in [-0.3, -0.25) is 14.8 Å². The maximum Gasteiger partial charge on any atom is 0.161 e. The molecule has 1 aromatic heterocycles. The molecule has 1 aromatic carbocycles. The van der Waals surface area contributed by atoms with Gasteiger partial charge in [-0.05, 0) is 43.3 Å². The molecule has 0 radical (unpaired) electrons. The van der Waals surface area contributed by atoms with E-state index in [0.29, 0.717) is 18.0 Å². The smallest absolute Gasteiger partial charge is 0.161 e. The number of rotatable bonds is 10. The number of aryl methyl sites for hydroxylation is 1. The van der Waals surface area contributed by atoms with E-state index in [9.17, 15) is 5.11 Å². The molecule has 30 heavy (non-hydrogen) atoms. The maximum absolute atomic E-state index is 10.3. The summed E-state index contributed by atoms with van der Waals surface area (Å²) in [5.41, 5.74) is 3.41. The lowest BCUT2D eigenvalue weighted by Crippen LogP contribution is -2.42. The van der Waals surface area contributed by atoms with Crippen LogP contribution < -0.4 is 9.47 Å². The molecule has 2 aromatic rings. The molecule has 2 heterocycles. The van der Waals surface area contributed by atoms with Crippen molar-refractivity contribution in [2.45, 2.75) is 26.1 Å². The van der Waals surface area contributed by atoms with Crippen LogP contribution in [0, 0.1) is 6.92 Å². The van der Waals surface area contributed by atoms with Crippen molar-refractivity contribution in [3.8, 4) is 11.5 Å². The first-order chi connectivity index (χ1) is 14.5. The van der Waals surface area contributed by atoms with Crippen molar-refractivity contribution in [1.82, 2.24) is 14.8 Å². The number of benzene rings is 1. The second-order valence-corrected chi connectivity index (χ2v) is 7.80. The lowest BCUT2D eigenvalue weighted by molar-refractivity contribution is 0.00445. The predicted molar refractivity (Wildman–Crippen MR) is 116 cm³/mol. The number of aromatic nitrogens is 1. The summed E-state index contributed by atoms with van der Waals surface area (Å²) in [7, 11) is 3.71. The zero-order chi connectivity index (χ0) is 21.3. The fourth-order valence-electron chi connectivity index (χ4n) is 3.56. The van der Waals surface area contributed by atoms with Crippen molar-refractivity contribution in [3.05, 3.63) is 53.3 Å². The van der Waals surface area contributed by atoms with Crippen molar-refractivity contribution >= 4 is 0 Å². The molecule has 1 aliphatic heterocycles. The highest BCUT2D eigenvalue weighted by molar-refractivity contribution is 5.43. The van der Waals surface area contributed by atoms with Gasteiger partial charge < -0.3 is 19.3 Å². The fourth-order valence-corrected chi connectivity index (χ4v) is 3.56. The van der Waals surface area contributed by atoms with Gasteiger partial charge in [-0.1, -0.05) is 12.1 Å². The number of pyridine rings is 1. The zero-order valence-electron chi connectivity index (χ0n) is 18.2. The Balaban J connectivity index is 1.53. The van der Waals surface area contributed by atoms with E-state index in [1.807, 2.05) is 30.5 Å². The number of ether oxygens (including phenoxy) is 3. The summed E-state index contributed by atoms with van der Waals surface area (Å²) in [5, 5.41) is 10.3. The highest BCUT2D eigenvalue weighted by atomic mass is 16.5. The molecule has 164 valence electrons. The van der Waals surface area contributed by atoms with E-state index in [0.717, 1.165) is 50.7 Å². The number of morpholine rings is 1. The number of β-amino-alcohol motifs (C(OH)–C–C–N with tert-alkyl or cyclic N) is 1. The predicted octanol–water partition coefficient (Wildman–Crippen LogP) is 2.10. The minimum absolute atomic E-state index is 0.228. The Morgan fingerprint density at radius 3 is 2.73 bits per heavy atom. The van der Waals surface area contributed by atoms with Gasteiger partial charge in [0, 0.05) is 38.9 Å². The first kappa shape index (κ1) is 22.5. The van der Waals surface area contributed by atoms with E-state index in [2.05, 4.69) is 34.8 Å². The lowest BCUT2D eigenvalue weighted by Gasteiger charge is -2.28. The molecular weight excluding hydrogens is 382 g/mol. The van der Waals surface area contributed by atoms with Crippen LogP contribution in [0.1, 0.15) is 16.8 Å². The molecule has 0 aliphatic carbocycles. The summed E-state index contributed by atoms with van der Waals surface area (Å²) in [6.07, 6.45) is 1.28. The van der Waals surface area contributed by atoms with Crippen molar-refractivity contribution in [1.29, 1.82) is 0 Å². The van der Waals surface area contributed by atoms with Gasteiger partial charge in [0.25, 0.3) is 0 Å². The number of aliphatic hydroxyl groups excluding tert-OH is 1. The van der Waals surface area contributed by atoms with Crippen LogP contribution in [0.5, 0.6) is 11.5 Å². The van der Waals surface area contributed by atoms with Crippen LogP contribution >= 0.6 is 0 Å². The molecule has 1 fully saturated rings. The SMILES string of the molecule is COc1cc(CN(C)Cc2ncccc2C)ccc1OC[C@@H](O)CN1CCOCC1. The molecule has 1 saturated heterocycles. The molecule has 7 nitrogen and oxygen atoms in total. The summed E-state index contributed by atoms with van der Waals surface area (Å²) >= 11 is 0. The molecule has 0 amide bonds. The van der Waals surface area contributed by atoms with E-state index < -0.39 is 6.10 Å². The molecule has 3 rings (SSSR count). The Morgan fingerprint density at radius 2 is 2.00 bits per heavy atom. The van der Waals surface area contributed by atoms with E-state index in [1.165, 1.54) is 5.56 Å². The Morgan fingerprint density at radius 1 is 1.20 bits per heavy atom. The summed E-state index contributed by atoms with van der Waals surface area (Å²) < 4.78 is 16.7. The van der Waals surface area contributed by atoms with Gasteiger partial charge >= 0.3 is 0 Å². The molecule has 0 spiro atoms. The first-order valence-electron chi connectivity index (χ1n) is 10.4. The van der Waals surface area contributed by atoms with E-state index >= 15 is 0 Å². The van der Waals surface area contributed by atoms with Gasteiger partial charge in [-0.15, -0.1) is 0 Å². The normalized spacial score (nSPS) is 15.9. The summed E-state index contributed by atoms with van der Waals surface area (Å²) in [6, 6.07) is 9.98. The number of hydrogen-bond donors (Lipinski definition) is 1. The quantitative estimate of drug-likeness (QED) is 0.637. The average Bonchev–Trinajstić information content (AvgIpc) is 2.75. The van der Waals surface area contributed by atoms with Crippen LogP contribution in [0.3, 0.4) is 0 Å². The van der Waals surface area contributed by atoms with Gasteiger partial charge in [0.05, 0.1) is 26.0 Å². The van der Waals surface area contributed by atoms with Gasteiger partial charge in [-0.2, -0.15) is 0 Å². The molecule has 1 N–H and O–H groups in total. The van der Waals surface area contributed by atoms with Crippen LogP contribution in [0.2, 0.25) is 0 Å². The van der Waals surface area contributed by atoms with E-state index in [1.54, 1.807) is 7.11 Å². The Kier molecular flexibility index (Phi) is 8.45. The number of hydrogen-bond acceptors (Lipinski definition) is 7. The van der Waals surface area contributed by atoms with Crippen LogP contribution in [-0.2, 0) is 17.8 Å². The fraction of sp³-hybridized carbons (Fsp3) is 0.522. The van der Waals surface area contributed by atoms with Crippen molar-refractivity contribution in [2.24, 2.45) is 0 Å². The number of aliphatic hydroxyl groups is 1. The van der Waals surface area contributed by atoms with Gasteiger partial charge in [0.15, 0.2) is 11.5 Å². The van der Waals surface area contributed by atoms with Crippen LogP contribution in [0.25, 0.3) is 0 Å². The minimum Gasteiger partial charge on any atom is -0.493 e. The summed E-state index contributed by atoms with van der Waals surface area (Å²) in [5.74, 6) is 1.32. The summed E-state index contributed by atoms with van der Waals surface area (Å²) in [4.78, 5) is 8.88. The Labute approximate surface area is 179 Å². The second-order valence-electron chi connectivity index (χ2n) is 7.80. The molecule has 0 unspecified atom stereocenters. The first-order valence-corrected chi connectivity index (χ1v) is 10.4. The minimum atomic E-state index is -0.555. The third kappa shape index (κ3) is 6.67. The number of nitrogens with zero attached hydrogens (tertiary/aromatic N) is 3. The van der Waals surface area contributed by atoms with Gasteiger partial charge in [-0.25, -0.2) is 0 Å². The summed E-state index contributed by atoms with van der Waals surface area (Å²) in [6.45, 7) is 7.58. The zero-order valence-corrected chi connectivity index (χ0v) is 18.2. The van der Waals surface area contributed by atoms with Crippen molar-refractivity contribution < 1.29 is 19.3 Å². The largest absolute Gasteiger partial charge is 0.493 e. The lowest BCUT2D eigenvalue weighted by atomic mass is 10.1. The van der Waals surface area contributed by atoms with Gasteiger partial charge in [0.2, 0.25) is 0 Å². The highest BCUT2D eigenvalue weighted by Crippen LogP contribution is 2.29. The molecule has 1 aliphatic rings. The van der Waals surface area contributed by atoms with E-state index in [-0.39, 0.29) is 6.61 Å². The number of methoxy groups -OCH3 is 1. The monoisotopic (exact) mass is 415 g/mol. The van der Waals surface area contributed by atoms with Crippen LogP contribution in [0.4, 0.5) is 0 Å². The van der Waals surface area contributed by atoms with Crippen molar-refractivity contribution in [2.75, 3.05) is 53.6 Å². The molecular formula is C23H33N3O4. The van der Waals surface area contributed by atoms with Crippen LogP contribution in [-0.4, -0.2) is 79.6 Å². The molecule has 1 atom stereocenters. The third-order valence-electron chi connectivity index (χ3n) is 5.22. The molecule has 0 saturated carbocycles. The Hall–Kier alpha value is -2.19. The maximum atomic E-state index is 10.3. The standard InChI is InChI=1S/C23H33N3O4/c1-18-5-4-8-24-21(18)16-25(2)14-19-6-7-22(23(13-19)28-3)30-17-20(27)15-26-9-11-29-12-10-26/h4-8,13,20,27H,9-12,14-17H2,1-3H3/t20-/m0/s1. The molecule has 7 heteroatoms. The topological polar surface area (TPSA) is 67.3 Å². The molecule has 0 bridgehead atoms. The highest BCUT2D eigenvalue weighted by Gasteiger charge is 2.16. The second kappa shape index (κ2) is 11.3. The third-order valence-corrected chi connectivity index (χ3v) is 5.22. The van der Waals surface area contributed by atoms with Crippen LogP contribution in [0.15, 0.2) is 36.5 Å². The van der Waals surface area contributed by atoms with Crippen molar-refractivity contribution in [3.63, 3.8) is 0 Å². The average molecular weight is 416 g/mol. The Bertz CT molecular complexity index is 796. The van der Waals surface area contributed by atoms with Gasteiger partial charge in [0.1, 0.15) is 12.7 Å².